The van der Waals surface area contributed by atoms with Crippen LogP contribution in [-0.4, -0.2) is 25.3 Å². The van der Waals surface area contributed by atoms with E-state index in [9.17, 15) is 18.0 Å². The van der Waals surface area contributed by atoms with Crippen LogP contribution in [0.5, 0.6) is 0 Å². The van der Waals surface area contributed by atoms with Gasteiger partial charge < -0.3 is 10.5 Å². The number of ether oxygens (including phenoxy) is 1. The van der Waals surface area contributed by atoms with E-state index >= 15 is 0 Å². The second kappa shape index (κ2) is 6.89. The van der Waals surface area contributed by atoms with E-state index in [1.165, 1.54) is 6.92 Å². The average molecular weight is 236 g/mol. The number of alkyl halides is 3. The van der Waals surface area contributed by atoms with Crippen molar-refractivity contribution in [2.24, 2.45) is 11.7 Å². The number of hydrogen-bond acceptors (Lipinski definition) is 3. The Morgan fingerprint density at radius 1 is 1.50 bits per heavy atom. The molecule has 0 aliphatic heterocycles. The van der Waals surface area contributed by atoms with Gasteiger partial charge in [-0.2, -0.15) is 13.2 Å². The maximum Gasteiger partial charge on any atom is 0.393 e. The largest absolute Gasteiger partial charge is 0.466 e. The Morgan fingerprint density at radius 3 is 2.29 bits per heavy atom. The van der Waals surface area contributed by atoms with Crippen molar-refractivity contribution in [2.45, 2.75) is 19.5 Å². The molecule has 0 spiro atoms. The van der Waals surface area contributed by atoms with Gasteiger partial charge in [-0.25, -0.2) is 0 Å². The normalized spacial score (nSPS) is 12.9. The Kier molecular flexibility index (Phi) is 7.85. The van der Waals surface area contributed by atoms with Crippen LogP contribution in [0.4, 0.5) is 13.2 Å². The lowest BCUT2D eigenvalue weighted by Gasteiger charge is -2.16. The third-order valence-electron chi connectivity index (χ3n) is 1.47. The van der Waals surface area contributed by atoms with E-state index in [1.807, 2.05) is 0 Å². The molecule has 0 rings (SSSR count). The number of halogens is 4. The molecule has 0 aromatic heterocycles. The first-order valence-corrected chi connectivity index (χ1v) is 3.84. The molecule has 0 saturated heterocycles. The maximum atomic E-state index is 12.0. The maximum absolute atomic E-state index is 12.0. The minimum atomic E-state index is -4.43. The van der Waals surface area contributed by atoms with Crippen LogP contribution in [0.2, 0.25) is 0 Å². The summed E-state index contributed by atoms with van der Waals surface area (Å²) in [5, 5.41) is 0. The Hall–Kier alpha value is -0.490. The van der Waals surface area contributed by atoms with Crippen LogP contribution in [0.25, 0.3) is 0 Å². The summed E-state index contributed by atoms with van der Waals surface area (Å²) in [7, 11) is 0. The van der Waals surface area contributed by atoms with Crippen LogP contribution < -0.4 is 5.73 Å². The van der Waals surface area contributed by atoms with Crippen molar-refractivity contribution >= 4 is 18.4 Å². The van der Waals surface area contributed by atoms with E-state index in [0.29, 0.717) is 0 Å². The summed E-state index contributed by atoms with van der Waals surface area (Å²) in [6, 6.07) is 0. The van der Waals surface area contributed by atoms with Crippen molar-refractivity contribution < 1.29 is 22.7 Å². The molecular formula is C7H13ClF3NO2. The van der Waals surface area contributed by atoms with Gasteiger partial charge in [0.25, 0.3) is 0 Å². The molecule has 0 heterocycles. The van der Waals surface area contributed by atoms with Gasteiger partial charge in [0.1, 0.15) is 0 Å². The molecule has 3 nitrogen and oxygen atoms in total. The van der Waals surface area contributed by atoms with Crippen LogP contribution in [0.1, 0.15) is 13.3 Å². The van der Waals surface area contributed by atoms with Gasteiger partial charge in [-0.3, -0.25) is 4.79 Å². The Balaban J connectivity index is 0. The predicted molar refractivity (Wildman–Crippen MR) is 47.1 cm³/mol. The molecule has 0 radical (unpaired) electrons. The lowest BCUT2D eigenvalue weighted by atomic mass is 10.1. The highest BCUT2D eigenvalue weighted by Crippen LogP contribution is 2.28. The first-order valence-electron chi connectivity index (χ1n) is 3.84. The molecule has 0 amide bonds. The van der Waals surface area contributed by atoms with Crippen molar-refractivity contribution in [3.8, 4) is 0 Å². The van der Waals surface area contributed by atoms with E-state index in [4.69, 9.17) is 5.73 Å². The summed E-state index contributed by atoms with van der Waals surface area (Å²) in [6.45, 7) is 1.01. The summed E-state index contributed by atoms with van der Waals surface area (Å²) >= 11 is 0. The van der Waals surface area contributed by atoms with Gasteiger partial charge in [0.15, 0.2) is 0 Å². The summed E-state index contributed by atoms with van der Waals surface area (Å²) in [5.41, 5.74) is 4.88. The molecule has 1 atom stereocenters. The van der Waals surface area contributed by atoms with Crippen molar-refractivity contribution in [2.75, 3.05) is 13.2 Å². The summed E-state index contributed by atoms with van der Waals surface area (Å²) in [4.78, 5) is 10.7. The van der Waals surface area contributed by atoms with E-state index in [2.05, 4.69) is 4.74 Å². The van der Waals surface area contributed by atoms with E-state index in [1.54, 1.807) is 0 Å². The molecule has 0 fully saturated rings. The third kappa shape index (κ3) is 6.04. The zero-order chi connectivity index (χ0) is 10.5. The zero-order valence-electron chi connectivity index (χ0n) is 7.63. The lowest BCUT2D eigenvalue weighted by Crippen LogP contribution is -2.32. The molecule has 0 aliphatic carbocycles. The minimum Gasteiger partial charge on any atom is -0.466 e. The van der Waals surface area contributed by atoms with E-state index in [0.717, 1.165) is 0 Å². The first-order chi connectivity index (χ1) is 5.91. The Labute approximate surface area is 86.2 Å². The minimum absolute atomic E-state index is 0. The highest BCUT2D eigenvalue weighted by Gasteiger charge is 2.40. The number of carbonyl (C=O) groups is 1. The summed E-state index contributed by atoms with van der Waals surface area (Å²) in [5.74, 6) is -2.66. The van der Waals surface area contributed by atoms with Crippen molar-refractivity contribution in [1.29, 1.82) is 0 Å². The number of hydrogen-bond donors (Lipinski definition) is 1. The number of rotatable bonds is 4. The molecule has 7 heteroatoms. The predicted octanol–water partition coefficient (Wildman–Crippen LogP) is 1.50. The van der Waals surface area contributed by atoms with Crippen LogP contribution >= 0.6 is 12.4 Å². The molecule has 1 unspecified atom stereocenters. The van der Waals surface area contributed by atoms with Crippen molar-refractivity contribution in [3.63, 3.8) is 0 Å². The Bertz CT molecular complexity index is 175. The molecule has 0 aromatic carbocycles. The van der Waals surface area contributed by atoms with Crippen LogP contribution in [0.15, 0.2) is 0 Å². The van der Waals surface area contributed by atoms with Gasteiger partial charge in [-0.05, 0) is 6.92 Å². The topological polar surface area (TPSA) is 52.3 Å². The van der Waals surface area contributed by atoms with Crippen LogP contribution in [-0.2, 0) is 9.53 Å². The zero-order valence-corrected chi connectivity index (χ0v) is 8.45. The monoisotopic (exact) mass is 235 g/mol. The van der Waals surface area contributed by atoms with E-state index < -0.39 is 31.0 Å². The van der Waals surface area contributed by atoms with Crippen molar-refractivity contribution in [3.05, 3.63) is 0 Å². The number of nitrogens with two attached hydrogens (primary N) is 1. The summed E-state index contributed by atoms with van der Waals surface area (Å²) < 4.78 is 40.5. The molecule has 86 valence electrons. The number of esters is 1. The van der Waals surface area contributed by atoms with Gasteiger partial charge in [-0.15, -0.1) is 12.4 Å². The fourth-order valence-electron chi connectivity index (χ4n) is 0.754. The Morgan fingerprint density at radius 2 is 2.00 bits per heavy atom. The first kappa shape index (κ1) is 16.0. The third-order valence-corrected chi connectivity index (χ3v) is 1.47. The number of carbonyl (C=O) groups excluding carboxylic acids is 1. The molecule has 0 aliphatic rings. The molecule has 0 bridgehead atoms. The van der Waals surface area contributed by atoms with Crippen molar-refractivity contribution in [1.82, 2.24) is 0 Å². The fraction of sp³-hybridized carbons (Fsp3) is 0.857. The van der Waals surface area contributed by atoms with Gasteiger partial charge in [0.2, 0.25) is 0 Å². The second-order valence-corrected chi connectivity index (χ2v) is 2.48. The lowest BCUT2D eigenvalue weighted by molar-refractivity contribution is -0.182. The average Bonchev–Trinajstić information content (AvgIpc) is 1.98. The molecule has 0 aromatic rings. The highest BCUT2D eigenvalue weighted by atomic mass is 35.5. The standard InChI is InChI=1S/C7H12F3NO2.ClH/c1-2-13-6(12)3-5(4-11)7(8,9)10;/h5H,2-4,11H2,1H3;1H. The molecule has 14 heavy (non-hydrogen) atoms. The molecule has 2 N–H and O–H groups in total. The quantitative estimate of drug-likeness (QED) is 0.752. The van der Waals surface area contributed by atoms with Crippen LogP contribution in [0.3, 0.4) is 0 Å². The summed E-state index contributed by atoms with van der Waals surface area (Å²) in [6.07, 6.45) is -5.13. The molecular weight excluding hydrogens is 223 g/mol. The van der Waals surface area contributed by atoms with Crippen LogP contribution in [0, 0.1) is 5.92 Å². The second-order valence-electron chi connectivity index (χ2n) is 2.48. The van der Waals surface area contributed by atoms with Gasteiger partial charge >= 0.3 is 12.1 Å². The van der Waals surface area contributed by atoms with Gasteiger partial charge in [0, 0.05) is 6.54 Å². The van der Waals surface area contributed by atoms with Gasteiger partial charge in [-0.1, -0.05) is 0 Å². The SMILES string of the molecule is CCOC(=O)CC(CN)C(F)(F)F.Cl. The van der Waals surface area contributed by atoms with E-state index in [-0.39, 0.29) is 19.0 Å². The fourth-order valence-corrected chi connectivity index (χ4v) is 0.754. The highest BCUT2D eigenvalue weighted by molar-refractivity contribution is 5.85. The van der Waals surface area contributed by atoms with Gasteiger partial charge in [0.05, 0.1) is 18.9 Å². The smallest absolute Gasteiger partial charge is 0.393 e. The molecule has 0 saturated carbocycles.